The number of nitrogen functional groups attached to an aromatic ring is 1. The summed E-state index contributed by atoms with van der Waals surface area (Å²) in [7, 11) is -3.37. The van der Waals surface area contributed by atoms with Crippen molar-refractivity contribution in [3.05, 3.63) is 53.6 Å². The van der Waals surface area contributed by atoms with E-state index in [0.29, 0.717) is 16.5 Å². The van der Waals surface area contributed by atoms with Gasteiger partial charge >= 0.3 is 0 Å². The first-order valence-corrected chi connectivity index (χ1v) is 7.97. The Morgan fingerprint density at radius 2 is 1.80 bits per heavy atom. The summed E-state index contributed by atoms with van der Waals surface area (Å²) in [5.41, 5.74) is 6.06. The third kappa shape index (κ3) is 3.88. The molecule has 6 heteroatoms. The van der Waals surface area contributed by atoms with E-state index in [-0.39, 0.29) is 17.3 Å². The zero-order valence-electron chi connectivity index (χ0n) is 10.6. The minimum atomic E-state index is -3.37. The maximum Gasteiger partial charge on any atom is 0.181 e. The monoisotopic (exact) mass is 311 g/mol. The average molecular weight is 312 g/mol. The average Bonchev–Trinajstić information content (AvgIpc) is 2.39. The van der Waals surface area contributed by atoms with Crippen molar-refractivity contribution in [3.63, 3.8) is 0 Å². The topological polar surface area (TPSA) is 69.4 Å². The molecule has 0 aromatic heterocycles. The number of anilines is 1. The van der Waals surface area contributed by atoms with E-state index in [1.807, 2.05) is 0 Å². The molecule has 0 aliphatic carbocycles. The summed E-state index contributed by atoms with van der Waals surface area (Å²) in [4.78, 5) is 0.237. The summed E-state index contributed by atoms with van der Waals surface area (Å²) in [5, 5.41) is 0.545. The second-order valence-corrected chi connectivity index (χ2v) is 6.74. The van der Waals surface area contributed by atoms with E-state index < -0.39 is 9.84 Å². The third-order valence-electron chi connectivity index (χ3n) is 2.66. The summed E-state index contributed by atoms with van der Waals surface area (Å²) < 4.78 is 29.5. The molecule has 0 atom stereocenters. The van der Waals surface area contributed by atoms with Crippen LogP contribution in [0.2, 0.25) is 5.02 Å². The molecule has 2 aromatic rings. The minimum Gasteiger partial charge on any atom is -0.492 e. The number of ether oxygens (including phenoxy) is 1. The first kappa shape index (κ1) is 14.7. The van der Waals surface area contributed by atoms with E-state index in [1.165, 1.54) is 12.1 Å². The van der Waals surface area contributed by atoms with Crippen molar-refractivity contribution in [1.29, 1.82) is 0 Å². The van der Waals surface area contributed by atoms with Crippen LogP contribution in [0, 0.1) is 0 Å². The van der Waals surface area contributed by atoms with E-state index >= 15 is 0 Å². The van der Waals surface area contributed by atoms with Gasteiger partial charge in [-0.3, -0.25) is 0 Å². The van der Waals surface area contributed by atoms with Gasteiger partial charge in [0.25, 0.3) is 0 Å². The molecular formula is C14H14ClNO3S. The summed E-state index contributed by atoms with van der Waals surface area (Å²) in [6, 6.07) is 12.9. The van der Waals surface area contributed by atoms with Crippen molar-refractivity contribution in [2.24, 2.45) is 0 Å². The predicted molar refractivity (Wildman–Crippen MR) is 79.9 cm³/mol. The van der Waals surface area contributed by atoms with Gasteiger partial charge in [0.15, 0.2) is 9.84 Å². The van der Waals surface area contributed by atoms with Crippen molar-refractivity contribution in [2.75, 3.05) is 18.1 Å². The maximum atomic E-state index is 12.1. The van der Waals surface area contributed by atoms with E-state index in [1.54, 1.807) is 36.4 Å². The molecule has 0 saturated heterocycles. The lowest BCUT2D eigenvalue weighted by Crippen LogP contribution is -2.14. The van der Waals surface area contributed by atoms with Gasteiger partial charge in [-0.05, 0) is 42.5 Å². The Kier molecular flexibility index (Phi) is 4.52. The smallest absolute Gasteiger partial charge is 0.181 e. The van der Waals surface area contributed by atoms with Crippen molar-refractivity contribution in [3.8, 4) is 5.75 Å². The standard InChI is InChI=1S/C14H14ClNO3S/c15-11-2-1-3-13(10-11)19-8-9-20(17,18)14-6-4-12(16)5-7-14/h1-7,10H,8-9,16H2. The number of sulfone groups is 1. The highest BCUT2D eigenvalue weighted by Crippen LogP contribution is 2.18. The van der Waals surface area contributed by atoms with Crippen LogP contribution in [-0.4, -0.2) is 20.8 Å². The molecule has 0 bridgehead atoms. The molecule has 0 aliphatic rings. The zero-order chi connectivity index (χ0) is 14.6. The van der Waals surface area contributed by atoms with Crippen molar-refractivity contribution < 1.29 is 13.2 Å². The van der Waals surface area contributed by atoms with E-state index in [2.05, 4.69) is 0 Å². The van der Waals surface area contributed by atoms with Crippen molar-refractivity contribution in [1.82, 2.24) is 0 Å². The molecule has 0 fully saturated rings. The zero-order valence-corrected chi connectivity index (χ0v) is 12.2. The highest BCUT2D eigenvalue weighted by atomic mass is 35.5. The Hall–Kier alpha value is -1.72. The molecule has 0 radical (unpaired) electrons. The fourth-order valence-electron chi connectivity index (χ4n) is 1.62. The Labute approximate surface area is 123 Å². The molecule has 2 rings (SSSR count). The quantitative estimate of drug-likeness (QED) is 0.862. The molecule has 0 spiro atoms. The van der Waals surface area contributed by atoms with Crippen LogP contribution in [-0.2, 0) is 9.84 Å². The maximum absolute atomic E-state index is 12.1. The molecule has 20 heavy (non-hydrogen) atoms. The largest absolute Gasteiger partial charge is 0.492 e. The molecule has 0 aliphatic heterocycles. The Morgan fingerprint density at radius 1 is 1.10 bits per heavy atom. The van der Waals surface area contributed by atoms with Crippen LogP contribution in [0.15, 0.2) is 53.4 Å². The van der Waals surface area contributed by atoms with Crippen LogP contribution in [0.1, 0.15) is 0 Å². The fourth-order valence-corrected chi connectivity index (χ4v) is 2.89. The van der Waals surface area contributed by atoms with Crippen molar-refractivity contribution >= 4 is 27.1 Å². The summed E-state index contributed by atoms with van der Waals surface area (Å²) in [6.45, 7) is 0.0626. The number of hydrogen-bond acceptors (Lipinski definition) is 4. The third-order valence-corrected chi connectivity index (χ3v) is 4.59. The second kappa shape index (κ2) is 6.15. The Morgan fingerprint density at radius 3 is 2.45 bits per heavy atom. The Balaban J connectivity index is 1.98. The number of benzene rings is 2. The number of halogens is 1. The fraction of sp³-hybridized carbons (Fsp3) is 0.143. The summed E-state index contributed by atoms with van der Waals surface area (Å²) in [5.74, 6) is 0.439. The van der Waals surface area contributed by atoms with E-state index in [9.17, 15) is 8.42 Å². The first-order chi connectivity index (χ1) is 9.47. The van der Waals surface area contributed by atoms with Gasteiger partial charge in [0, 0.05) is 10.7 Å². The van der Waals surface area contributed by atoms with Crippen LogP contribution in [0.3, 0.4) is 0 Å². The number of nitrogens with two attached hydrogens (primary N) is 1. The van der Waals surface area contributed by atoms with Gasteiger partial charge in [0.2, 0.25) is 0 Å². The van der Waals surface area contributed by atoms with Gasteiger partial charge in [-0.2, -0.15) is 0 Å². The van der Waals surface area contributed by atoms with Crippen LogP contribution in [0.25, 0.3) is 0 Å². The second-order valence-electron chi connectivity index (χ2n) is 4.19. The van der Waals surface area contributed by atoms with Gasteiger partial charge in [-0.25, -0.2) is 8.42 Å². The Bertz CT molecular complexity index is 684. The molecule has 2 aromatic carbocycles. The molecule has 106 valence electrons. The van der Waals surface area contributed by atoms with Crippen LogP contribution >= 0.6 is 11.6 Å². The lowest BCUT2D eigenvalue weighted by Gasteiger charge is -2.07. The van der Waals surface area contributed by atoms with Gasteiger partial charge in [-0.1, -0.05) is 17.7 Å². The molecule has 0 amide bonds. The minimum absolute atomic E-state index is 0.0626. The first-order valence-electron chi connectivity index (χ1n) is 5.94. The van der Waals surface area contributed by atoms with E-state index in [0.717, 1.165) is 0 Å². The van der Waals surface area contributed by atoms with Crippen LogP contribution in [0.4, 0.5) is 5.69 Å². The normalized spacial score (nSPS) is 11.2. The van der Waals surface area contributed by atoms with Gasteiger partial charge in [0.1, 0.15) is 12.4 Å². The van der Waals surface area contributed by atoms with Gasteiger partial charge in [0.05, 0.1) is 10.6 Å². The number of hydrogen-bond donors (Lipinski definition) is 1. The molecular weight excluding hydrogens is 298 g/mol. The molecule has 0 saturated carbocycles. The highest BCUT2D eigenvalue weighted by molar-refractivity contribution is 7.91. The molecule has 4 nitrogen and oxygen atoms in total. The highest BCUT2D eigenvalue weighted by Gasteiger charge is 2.14. The van der Waals surface area contributed by atoms with Crippen LogP contribution < -0.4 is 10.5 Å². The summed E-state index contributed by atoms with van der Waals surface area (Å²) in [6.07, 6.45) is 0. The lowest BCUT2D eigenvalue weighted by molar-refractivity contribution is 0.341. The van der Waals surface area contributed by atoms with Crippen LogP contribution in [0.5, 0.6) is 5.75 Å². The molecule has 0 unspecified atom stereocenters. The van der Waals surface area contributed by atoms with Crippen molar-refractivity contribution in [2.45, 2.75) is 4.90 Å². The SMILES string of the molecule is Nc1ccc(S(=O)(=O)CCOc2cccc(Cl)c2)cc1. The molecule has 2 N–H and O–H groups in total. The molecule has 0 heterocycles. The predicted octanol–water partition coefficient (Wildman–Crippen LogP) is 2.77. The summed E-state index contributed by atoms with van der Waals surface area (Å²) >= 11 is 5.81. The van der Waals surface area contributed by atoms with E-state index in [4.69, 9.17) is 22.1 Å². The lowest BCUT2D eigenvalue weighted by atomic mass is 10.3. The van der Waals surface area contributed by atoms with Gasteiger partial charge < -0.3 is 10.5 Å². The van der Waals surface area contributed by atoms with Gasteiger partial charge in [-0.15, -0.1) is 0 Å². The number of rotatable bonds is 5.